The molecule has 26 heavy (non-hydrogen) atoms. The summed E-state index contributed by atoms with van der Waals surface area (Å²) in [5.74, 6) is 0.718. The molecule has 0 radical (unpaired) electrons. The van der Waals surface area contributed by atoms with E-state index in [4.69, 9.17) is 19.6 Å². The number of carbonyl (C=O) groups is 1. The first-order valence-electron chi connectivity index (χ1n) is 8.60. The van der Waals surface area contributed by atoms with Crippen LogP contribution in [0.5, 0.6) is 11.5 Å². The lowest BCUT2D eigenvalue weighted by molar-refractivity contribution is 0.101. The van der Waals surface area contributed by atoms with Crippen molar-refractivity contribution < 1.29 is 18.7 Å². The number of rotatable bonds is 4. The van der Waals surface area contributed by atoms with Gasteiger partial charge < -0.3 is 19.6 Å². The van der Waals surface area contributed by atoms with E-state index in [1.165, 1.54) is 12.7 Å². The number of nitrogens with zero attached hydrogens (tertiary/aromatic N) is 1. The second-order valence-corrected chi connectivity index (χ2v) is 6.39. The Morgan fingerprint density at radius 2 is 1.96 bits per heavy atom. The molecule has 0 unspecified atom stereocenters. The molecule has 0 amide bonds. The third-order valence-electron chi connectivity index (χ3n) is 4.86. The van der Waals surface area contributed by atoms with Gasteiger partial charge in [-0.25, -0.2) is 4.98 Å². The summed E-state index contributed by atoms with van der Waals surface area (Å²) in [6, 6.07) is 7.04. The van der Waals surface area contributed by atoms with Crippen LogP contribution >= 0.6 is 0 Å². The highest BCUT2D eigenvalue weighted by Crippen LogP contribution is 2.34. The second kappa shape index (κ2) is 6.37. The van der Waals surface area contributed by atoms with Crippen molar-refractivity contribution in [2.75, 3.05) is 20.0 Å². The van der Waals surface area contributed by atoms with Gasteiger partial charge in [-0.3, -0.25) is 4.79 Å². The number of carbonyl (C=O) groups excluding carboxylic acids is 1. The summed E-state index contributed by atoms with van der Waals surface area (Å²) in [4.78, 5) is 17.7. The lowest BCUT2D eigenvalue weighted by Gasteiger charge is -2.13. The summed E-state index contributed by atoms with van der Waals surface area (Å²) in [5, 5.41) is 0.691. The molecule has 2 N–H and O–H groups in total. The number of furan rings is 1. The van der Waals surface area contributed by atoms with Crippen LogP contribution in [0.4, 0.5) is 5.69 Å². The van der Waals surface area contributed by atoms with Crippen molar-refractivity contribution in [2.45, 2.75) is 25.7 Å². The van der Waals surface area contributed by atoms with Gasteiger partial charge in [-0.1, -0.05) is 0 Å². The second-order valence-electron chi connectivity index (χ2n) is 6.39. The number of nitrogen functional groups attached to an aromatic ring is 1. The van der Waals surface area contributed by atoms with Gasteiger partial charge in [0.25, 0.3) is 0 Å². The zero-order valence-electron chi connectivity index (χ0n) is 14.8. The van der Waals surface area contributed by atoms with Crippen LogP contribution < -0.4 is 15.2 Å². The number of nitrogens with two attached hydrogens (primary N) is 1. The molecule has 0 spiro atoms. The van der Waals surface area contributed by atoms with Crippen LogP contribution in [0.1, 0.15) is 40.2 Å². The zero-order chi connectivity index (χ0) is 18.3. The topological polar surface area (TPSA) is 87.6 Å². The van der Waals surface area contributed by atoms with E-state index in [9.17, 15) is 4.79 Å². The molecule has 2 aromatic heterocycles. The van der Waals surface area contributed by atoms with Crippen molar-refractivity contribution in [1.29, 1.82) is 0 Å². The predicted molar refractivity (Wildman–Crippen MR) is 98.0 cm³/mol. The van der Waals surface area contributed by atoms with Crippen molar-refractivity contribution in [3.05, 3.63) is 46.8 Å². The minimum absolute atomic E-state index is 0.0846. The first kappa shape index (κ1) is 16.4. The largest absolute Gasteiger partial charge is 0.497 e. The first-order valence-corrected chi connectivity index (χ1v) is 8.60. The summed E-state index contributed by atoms with van der Waals surface area (Å²) >= 11 is 0. The molecule has 4 rings (SSSR count). The molecule has 134 valence electrons. The third-order valence-corrected chi connectivity index (χ3v) is 4.86. The third kappa shape index (κ3) is 2.58. The average molecular weight is 352 g/mol. The van der Waals surface area contributed by atoms with Gasteiger partial charge in [-0.05, 0) is 55.5 Å². The summed E-state index contributed by atoms with van der Waals surface area (Å²) in [6.07, 6.45) is 4.17. The molecule has 6 nitrogen and oxygen atoms in total. The lowest BCUT2D eigenvalue weighted by Crippen LogP contribution is -2.06. The van der Waals surface area contributed by atoms with Crippen LogP contribution in [0.15, 0.2) is 28.7 Å². The Labute approximate surface area is 150 Å². The van der Waals surface area contributed by atoms with Gasteiger partial charge in [0, 0.05) is 5.69 Å². The van der Waals surface area contributed by atoms with Crippen LogP contribution in [0.25, 0.3) is 11.1 Å². The molecule has 0 aliphatic heterocycles. The van der Waals surface area contributed by atoms with E-state index in [2.05, 4.69) is 4.98 Å². The normalized spacial score (nSPS) is 13.5. The summed E-state index contributed by atoms with van der Waals surface area (Å²) in [5.41, 5.74) is 9.53. The molecular formula is C20H20N2O4. The maximum Gasteiger partial charge on any atom is 0.234 e. The van der Waals surface area contributed by atoms with Gasteiger partial charge >= 0.3 is 0 Å². The number of aromatic nitrogens is 1. The number of pyridine rings is 1. The number of methoxy groups -OCH3 is 2. The number of aryl methyl sites for hydroxylation is 2. The fraction of sp³-hybridized carbons (Fsp3) is 0.300. The van der Waals surface area contributed by atoms with Gasteiger partial charge in [0.1, 0.15) is 11.5 Å². The number of benzene rings is 1. The van der Waals surface area contributed by atoms with Crippen molar-refractivity contribution in [1.82, 2.24) is 4.98 Å². The SMILES string of the molecule is COc1ccc(OC)c(C(=O)c2oc3nc4c(cc3c2N)CCCC4)c1. The van der Waals surface area contributed by atoms with Crippen molar-refractivity contribution in [3.63, 3.8) is 0 Å². The Hall–Kier alpha value is -3.02. The highest BCUT2D eigenvalue weighted by molar-refractivity contribution is 6.15. The minimum Gasteiger partial charge on any atom is -0.497 e. The van der Waals surface area contributed by atoms with Gasteiger partial charge in [0.05, 0.1) is 30.9 Å². The molecular weight excluding hydrogens is 332 g/mol. The molecule has 3 aromatic rings. The van der Waals surface area contributed by atoms with Crippen LogP contribution in [-0.2, 0) is 12.8 Å². The predicted octanol–water partition coefficient (Wildman–Crippen LogP) is 3.54. The molecule has 2 heterocycles. The average Bonchev–Trinajstić information content (AvgIpc) is 3.00. The highest BCUT2D eigenvalue weighted by Gasteiger charge is 2.25. The fourth-order valence-corrected chi connectivity index (χ4v) is 3.44. The monoisotopic (exact) mass is 352 g/mol. The number of ether oxygens (including phenoxy) is 2. The van der Waals surface area contributed by atoms with Gasteiger partial charge in [-0.2, -0.15) is 0 Å². The number of fused-ring (bicyclic) bond motifs is 2. The van der Waals surface area contributed by atoms with E-state index in [0.717, 1.165) is 31.4 Å². The fourth-order valence-electron chi connectivity index (χ4n) is 3.44. The smallest absolute Gasteiger partial charge is 0.234 e. The molecule has 6 heteroatoms. The summed E-state index contributed by atoms with van der Waals surface area (Å²) < 4.78 is 16.3. The number of ketones is 1. The zero-order valence-corrected chi connectivity index (χ0v) is 14.8. The first-order chi connectivity index (χ1) is 12.6. The summed E-state index contributed by atoms with van der Waals surface area (Å²) in [6.45, 7) is 0. The van der Waals surface area contributed by atoms with E-state index < -0.39 is 0 Å². The Morgan fingerprint density at radius 3 is 2.73 bits per heavy atom. The lowest BCUT2D eigenvalue weighted by atomic mass is 9.95. The highest BCUT2D eigenvalue weighted by atomic mass is 16.5. The van der Waals surface area contributed by atoms with Crippen LogP contribution in [0.2, 0.25) is 0 Å². The maximum atomic E-state index is 13.1. The van der Waals surface area contributed by atoms with Crippen LogP contribution in [0, 0.1) is 0 Å². The van der Waals surface area contributed by atoms with Crippen molar-refractivity contribution >= 4 is 22.6 Å². The molecule has 0 saturated heterocycles. The Morgan fingerprint density at radius 1 is 1.15 bits per heavy atom. The van der Waals surface area contributed by atoms with E-state index in [1.807, 2.05) is 6.07 Å². The number of hydrogen-bond donors (Lipinski definition) is 1. The molecule has 0 bridgehead atoms. The van der Waals surface area contributed by atoms with Crippen molar-refractivity contribution in [2.24, 2.45) is 0 Å². The van der Waals surface area contributed by atoms with Gasteiger partial charge in [-0.15, -0.1) is 0 Å². The van der Waals surface area contributed by atoms with Crippen molar-refractivity contribution in [3.8, 4) is 11.5 Å². The molecule has 1 aliphatic carbocycles. The molecule has 0 saturated carbocycles. The van der Waals surface area contributed by atoms with Crippen LogP contribution in [-0.4, -0.2) is 25.0 Å². The molecule has 0 fully saturated rings. The Bertz CT molecular complexity index is 1010. The Balaban J connectivity index is 1.84. The standard InChI is InChI=1S/C20H20N2O4/c1-24-12-7-8-16(25-2)13(10-12)18(23)19-17(21)14-9-11-5-3-4-6-15(11)22-20(14)26-19/h7-10H,3-6,21H2,1-2H3. The van der Waals surface area contributed by atoms with E-state index in [-0.39, 0.29) is 11.5 Å². The number of anilines is 1. The van der Waals surface area contributed by atoms with Gasteiger partial charge in [0.15, 0.2) is 0 Å². The van der Waals surface area contributed by atoms with E-state index >= 15 is 0 Å². The minimum atomic E-state index is -0.353. The van der Waals surface area contributed by atoms with Crippen LogP contribution in [0.3, 0.4) is 0 Å². The quantitative estimate of drug-likeness (QED) is 0.723. The molecule has 1 aliphatic rings. The number of hydrogen-bond acceptors (Lipinski definition) is 6. The van der Waals surface area contributed by atoms with E-state index in [0.29, 0.717) is 33.8 Å². The van der Waals surface area contributed by atoms with E-state index in [1.54, 1.807) is 25.3 Å². The molecule has 1 aromatic carbocycles. The Kier molecular flexibility index (Phi) is 4.03. The molecule has 0 atom stereocenters. The van der Waals surface area contributed by atoms with Gasteiger partial charge in [0.2, 0.25) is 17.3 Å². The summed E-state index contributed by atoms with van der Waals surface area (Å²) in [7, 11) is 3.05. The maximum absolute atomic E-state index is 13.1.